The van der Waals surface area contributed by atoms with Crippen LogP contribution in [0.4, 0.5) is 4.79 Å². The molecule has 0 spiro atoms. The monoisotopic (exact) mass is 331 g/mol. The van der Waals surface area contributed by atoms with E-state index in [1.807, 2.05) is 20.1 Å². The number of nitrogens with zero attached hydrogens (tertiary/aromatic N) is 2. The quantitative estimate of drug-likeness (QED) is 0.509. The number of amides is 1. The molecule has 1 amide bonds. The van der Waals surface area contributed by atoms with Crippen LogP contribution in [-0.4, -0.2) is 33.5 Å². The summed E-state index contributed by atoms with van der Waals surface area (Å²) in [6.07, 6.45) is 1.57. The molecular weight excluding hydrogens is 318 g/mol. The molecule has 0 aliphatic carbocycles. The van der Waals surface area contributed by atoms with Crippen molar-refractivity contribution in [3.63, 3.8) is 0 Å². The maximum atomic E-state index is 10.7. The highest BCUT2D eigenvalue weighted by molar-refractivity contribution is 7.98. The lowest BCUT2D eigenvalue weighted by Crippen LogP contribution is -2.32. The Bertz CT molecular complexity index is 660. The number of thioether (sulfide) groups is 1. The lowest BCUT2D eigenvalue weighted by atomic mass is 10.1. The van der Waals surface area contributed by atoms with Crippen molar-refractivity contribution in [2.45, 2.75) is 31.3 Å². The van der Waals surface area contributed by atoms with E-state index in [0.717, 1.165) is 25.7 Å². The Hall–Kier alpha value is -1.05. The Balaban J connectivity index is 2.40. The third-order valence-electron chi connectivity index (χ3n) is 2.86. The zero-order valence-electron chi connectivity index (χ0n) is 11.2. The number of fused-ring (bicyclic) bond motifs is 1. The standard InChI is InChI=1S/C12H14ClN3O2S2/c1-5(14-12(17)18)4-7-6(2)8-9(20-7)10(19-3)16-11(13)15-8/h5,14H,4H2,1-3H3,(H,17,18)/t5-/m0/s1. The van der Waals surface area contributed by atoms with Crippen molar-refractivity contribution in [3.05, 3.63) is 15.7 Å². The van der Waals surface area contributed by atoms with Crippen molar-refractivity contribution < 1.29 is 9.90 Å². The van der Waals surface area contributed by atoms with E-state index in [-0.39, 0.29) is 11.3 Å². The molecule has 1 atom stereocenters. The molecule has 0 saturated heterocycles. The molecule has 2 aromatic rings. The zero-order chi connectivity index (χ0) is 14.9. The van der Waals surface area contributed by atoms with Crippen molar-refractivity contribution in [2.75, 3.05) is 6.26 Å². The molecular formula is C12H14ClN3O2S2. The second kappa shape index (κ2) is 6.15. The average Bonchev–Trinajstić information content (AvgIpc) is 2.65. The van der Waals surface area contributed by atoms with Gasteiger partial charge in [-0.25, -0.2) is 14.8 Å². The largest absolute Gasteiger partial charge is 0.465 e. The molecule has 8 heteroatoms. The molecule has 2 rings (SSSR count). The summed E-state index contributed by atoms with van der Waals surface area (Å²) >= 11 is 9.07. The first kappa shape index (κ1) is 15.3. The van der Waals surface area contributed by atoms with E-state index in [0.29, 0.717) is 6.42 Å². The number of rotatable bonds is 4. The minimum atomic E-state index is -1.01. The van der Waals surface area contributed by atoms with Crippen LogP contribution >= 0.6 is 34.7 Å². The van der Waals surface area contributed by atoms with Crippen LogP contribution in [0.5, 0.6) is 0 Å². The van der Waals surface area contributed by atoms with Gasteiger partial charge in [-0.2, -0.15) is 0 Å². The first-order valence-corrected chi connectivity index (χ1v) is 8.33. The lowest BCUT2D eigenvalue weighted by Gasteiger charge is -2.10. The predicted octanol–water partition coefficient (Wildman–Crippen LogP) is 3.57. The predicted molar refractivity (Wildman–Crippen MR) is 83.3 cm³/mol. The van der Waals surface area contributed by atoms with Gasteiger partial charge in [-0.15, -0.1) is 23.1 Å². The topological polar surface area (TPSA) is 75.1 Å². The van der Waals surface area contributed by atoms with Crippen molar-refractivity contribution in [3.8, 4) is 0 Å². The highest BCUT2D eigenvalue weighted by Crippen LogP contribution is 2.36. The van der Waals surface area contributed by atoms with Crippen molar-refractivity contribution in [1.29, 1.82) is 0 Å². The van der Waals surface area contributed by atoms with Crippen LogP contribution in [0.15, 0.2) is 5.03 Å². The van der Waals surface area contributed by atoms with Gasteiger partial charge in [0.05, 0.1) is 10.2 Å². The molecule has 5 nitrogen and oxygen atoms in total. The summed E-state index contributed by atoms with van der Waals surface area (Å²) in [4.78, 5) is 20.3. The molecule has 0 fully saturated rings. The van der Waals surface area contributed by atoms with Gasteiger partial charge in [0.2, 0.25) is 5.28 Å². The van der Waals surface area contributed by atoms with Crippen LogP contribution in [0.25, 0.3) is 10.2 Å². The average molecular weight is 332 g/mol. The molecule has 0 radical (unpaired) electrons. The summed E-state index contributed by atoms with van der Waals surface area (Å²) < 4.78 is 1.01. The van der Waals surface area contributed by atoms with Crippen LogP contribution in [0.1, 0.15) is 17.4 Å². The summed E-state index contributed by atoms with van der Waals surface area (Å²) in [7, 11) is 0. The number of halogens is 1. The van der Waals surface area contributed by atoms with Crippen LogP contribution < -0.4 is 5.32 Å². The fourth-order valence-corrected chi connectivity index (χ4v) is 4.27. The molecule has 0 aliphatic heterocycles. The smallest absolute Gasteiger partial charge is 0.404 e. The normalized spacial score (nSPS) is 12.6. The van der Waals surface area contributed by atoms with E-state index in [2.05, 4.69) is 15.3 Å². The Morgan fingerprint density at radius 3 is 2.85 bits per heavy atom. The summed E-state index contributed by atoms with van der Waals surface area (Å²) in [6.45, 7) is 3.82. The third-order valence-corrected chi connectivity index (χ3v) is 5.15. The molecule has 0 unspecified atom stereocenters. The van der Waals surface area contributed by atoms with E-state index >= 15 is 0 Å². The number of aromatic nitrogens is 2. The minimum absolute atomic E-state index is 0.152. The SMILES string of the molecule is CSc1nc(Cl)nc2c(C)c(C[C@H](C)NC(=O)O)sc12. The van der Waals surface area contributed by atoms with Crippen molar-refractivity contribution in [2.24, 2.45) is 0 Å². The van der Waals surface area contributed by atoms with Gasteiger partial charge in [0.15, 0.2) is 0 Å². The van der Waals surface area contributed by atoms with Crippen LogP contribution in [0.3, 0.4) is 0 Å². The van der Waals surface area contributed by atoms with E-state index < -0.39 is 6.09 Å². The van der Waals surface area contributed by atoms with Gasteiger partial charge in [0, 0.05) is 17.3 Å². The lowest BCUT2D eigenvalue weighted by molar-refractivity contribution is 0.191. The number of aryl methyl sites for hydroxylation is 1. The first-order valence-electron chi connectivity index (χ1n) is 5.91. The van der Waals surface area contributed by atoms with E-state index in [4.69, 9.17) is 16.7 Å². The van der Waals surface area contributed by atoms with Gasteiger partial charge in [-0.3, -0.25) is 0 Å². The summed E-state index contributed by atoms with van der Waals surface area (Å²) in [5.41, 5.74) is 1.90. The van der Waals surface area contributed by atoms with Crippen molar-refractivity contribution >= 4 is 51.0 Å². The number of carbonyl (C=O) groups is 1. The van der Waals surface area contributed by atoms with Gasteiger partial charge < -0.3 is 10.4 Å². The highest BCUT2D eigenvalue weighted by atomic mass is 35.5. The van der Waals surface area contributed by atoms with E-state index in [9.17, 15) is 4.79 Å². The number of thiophene rings is 1. The molecule has 2 aromatic heterocycles. The Morgan fingerprint density at radius 2 is 2.25 bits per heavy atom. The van der Waals surface area contributed by atoms with Gasteiger partial charge in [0.25, 0.3) is 0 Å². The summed E-state index contributed by atoms with van der Waals surface area (Å²) in [5.74, 6) is 0. The van der Waals surface area contributed by atoms with Gasteiger partial charge in [-0.05, 0) is 37.3 Å². The number of hydrogen-bond donors (Lipinski definition) is 2. The molecule has 0 saturated carbocycles. The highest BCUT2D eigenvalue weighted by Gasteiger charge is 2.17. The molecule has 2 heterocycles. The Kier molecular flexibility index (Phi) is 4.72. The van der Waals surface area contributed by atoms with Crippen molar-refractivity contribution in [1.82, 2.24) is 15.3 Å². The van der Waals surface area contributed by atoms with Gasteiger partial charge in [-0.1, -0.05) is 0 Å². The molecule has 0 bridgehead atoms. The van der Waals surface area contributed by atoms with E-state index in [1.165, 1.54) is 11.8 Å². The molecule has 0 aromatic carbocycles. The fourth-order valence-electron chi connectivity index (χ4n) is 1.95. The number of hydrogen-bond acceptors (Lipinski definition) is 5. The number of nitrogens with one attached hydrogen (secondary N) is 1. The summed E-state index contributed by atoms with van der Waals surface area (Å²) in [6, 6.07) is -0.152. The second-order valence-electron chi connectivity index (χ2n) is 4.38. The maximum Gasteiger partial charge on any atom is 0.404 e. The Labute approximate surface area is 129 Å². The van der Waals surface area contributed by atoms with E-state index in [1.54, 1.807) is 11.3 Å². The number of carboxylic acid groups (broad SMARTS) is 1. The maximum absolute atomic E-state index is 10.7. The zero-order valence-corrected chi connectivity index (χ0v) is 13.6. The summed E-state index contributed by atoms with van der Waals surface area (Å²) in [5, 5.41) is 12.3. The molecule has 2 N–H and O–H groups in total. The van der Waals surface area contributed by atoms with Crippen LogP contribution in [-0.2, 0) is 6.42 Å². The fraction of sp³-hybridized carbons (Fsp3) is 0.417. The second-order valence-corrected chi connectivity index (χ2v) is 6.62. The van der Waals surface area contributed by atoms with Crippen LogP contribution in [0.2, 0.25) is 5.28 Å². The molecule has 108 valence electrons. The van der Waals surface area contributed by atoms with Gasteiger partial charge in [0.1, 0.15) is 5.03 Å². The van der Waals surface area contributed by atoms with Crippen LogP contribution in [0, 0.1) is 6.92 Å². The molecule has 20 heavy (non-hydrogen) atoms. The van der Waals surface area contributed by atoms with Gasteiger partial charge >= 0.3 is 6.09 Å². The third kappa shape index (κ3) is 3.16. The first-order chi connectivity index (χ1) is 9.42. The molecule has 0 aliphatic rings. The minimum Gasteiger partial charge on any atom is -0.465 e. The Morgan fingerprint density at radius 1 is 1.55 bits per heavy atom.